The molecule has 3 rings (SSSR count). The summed E-state index contributed by atoms with van der Waals surface area (Å²) in [6.45, 7) is 1.68. The number of rotatable bonds is 5. The van der Waals surface area contributed by atoms with Crippen LogP contribution in [-0.2, 0) is 4.79 Å². The molecule has 0 aliphatic carbocycles. The van der Waals surface area contributed by atoms with Gasteiger partial charge in [0.25, 0.3) is 5.91 Å². The van der Waals surface area contributed by atoms with E-state index in [-0.39, 0.29) is 22.6 Å². The zero-order chi connectivity index (χ0) is 21.0. The molecule has 29 heavy (non-hydrogen) atoms. The minimum Gasteiger partial charge on any atom is -0.508 e. The van der Waals surface area contributed by atoms with Crippen molar-refractivity contribution in [3.05, 3.63) is 77.1 Å². The molecule has 1 heterocycles. The smallest absolute Gasteiger partial charge is 0.335 e. The Bertz CT molecular complexity index is 1150. The van der Waals surface area contributed by atoms with Crippen LogP contribution in [0, 0.1) is 18.3 Å². The van der Waals surface area contributed by atoms with Crippen LogP contribution >= 0.6 is 0 Å². The van der Waals surface area contributed by atoms with Crippen LogP contribution in [0.5, 0.6) is 5.75 Å². The maximum atomic E-state index is 12.3. The van der Waals surface area contributed by atoms with E-state index >= 15 is 0 Å². The number of carboxylic acids is 1. The third-order valence-corrected chi connectivity index (χ3v) is 4.23. The number of nitrogens with one attached hydrogen (secondary N) is 1. The van der Waals surface area contributed by atoms with E-state index in [0.717, 1.165) is 0 Å². The van der Waals surface area contributed by atoms with Crippen molar-refractivity contribution < 1.29 is 24.2 Å². The Morgan fingerprint density at radius 3 is 2.48 bits per heavy atom. The SMILES string of the molecule is Cc1c(C(=O)O)cccc1-c1ccc(C=C(C#N)C(=O)Nc2ccc(O)cc2)o1. The lowest BCUT2D eigenvalue weighted by Gasteiger charge is -2.06. The highest BCUT2D eigenvalue weighted by Gasteiger charge is 2.15. The molecular formula is C22H16N2O5. The normalized spacial score (nSPS) is 11.0. The zero-order valence-electron chi connectivity index (χ0n) is 15.3. The Labute approximate surface area is 166 Å². The molecule has 0 spiro atoms. The second-order valence-electron chi connectivity index (χ2n) is 6.16. The Morgan fingerprint density at radius 1 is 1.10 bits per heavy atom. The van der Waals surface area contributed by atoms with Gasteiger partial charge in [-0.1, -0.05) is 12.1 Å². The van der Waals surface area contributed by atoms with Crippen LogP contribution in [0.2, 0.25) is 0 Å². The number of benzene rings is 2. The van der Waals surface area contributed by atoms with Crippen molar-refractivity contribution in [1.29, 1.82) is 5.26 Å². The number of aromatic carboxylic acids is 1. The molecule has 2 aromatic carbocycles. The number of nitriles is 1. The Hall–Kier alpha value is -4.31. The van der Waals surface area contributed by atoms with Crippen LogP contribution in [0.3, 0.4) is 0 Å². The first-order valence-corrected chi connectivity index (χ1v) is 8.54. The largest absolute Gasteiger partial charge is 0.508 e. The van der Waals surface area contributed by atoms with Gasteiger partial charge in [0.2, 0.25) is 0 Å². The predicted octanol–water partition coefficient (Wildman–Crippen LogP) is 4.20. The molecule has 0 aliphatic rings. The number of furan rings is 1. The molecule has 0 aliphatic heterocycles. The first kappa shape index (κ1) is 19.5. The highest BCUT2D eigenvalue weighted by atomic mass is 16.4. The van der Waals surface area contributed by atoms with Crippen LogP contribution in [0.1, 0.15) is 21.7 Å². The quantitative estimate of drug-likeness (QED) is 0.342. The topological polar surface area (TPSA) is 124 Å². The van der Waals surface area contributed by atoms with Gasteiger partial charge in [-0.15, -0.1) is 0 Å². The van der Waals surface area contributed by atoms with Crippen LogP contribution < -0.4 is 5.32 Å². The minimum atomic E-state index is -1.03. The lowest BCUT2D eigenvalue weighted by atomic mass is 10.0. The fraction of sp³-hybridized carbons (Fsp3) is 0.0455. The van der Waals surface area contributed by atoms with Gasteiger partial charge in [-0.05, 0) is 55.0 Å². The summed E-state index contributed by atoms with van der Waals surface area (Å²) in [5.41, 5.74) is 1.58. The number of phenols is 1. The minimum absolute atomic E-state index is 0.0597. The number of nitrogens with zero attached hydrogens (tertiary/aromatic N) is 1. The van der Waals surface area contributed by atoms with Crippen LogP contribution in [0.15, 0.2) is 64.6 Å². The molecule has 0 fully saturated rings. The lowest BCUT2D eigenvalue weighted by Crippen LogP contribution is -2.13. The average Bonchev–Trinajstić information content (AvgIpc) is 3.16. The van der Waals surface area contributed by atoms with E-state index in [9.17, 15) is 25.1 Å². The molecular weight excluding hydrogens is 372 g/mol. The van der Waals surface area contributed by atoms with Crippen molar-refractivity contribution in [1.82, 2.24) is 0 Å². The summed E-state index contributed by atoms with van der Waals surface area (Å²) in [5, 5.41) is 30.4. The summed E-state index contributed by atoms with van der Waals surface area (Å²) in [7, 11) is 0. The molecule has 7 heteroatoms. The van der Waals surface area contributed by atoms with Crippen molar-refractivity contribution in [2.24, 2.45) is 0 Å². The number of amides is 1. The average molecular weight is 388 g/mol. The fourth-order valence-corrected chi connectivity index (χ4v) is 2.74. The summed E-state index contributed by atoms with van der Waals surface area (Å²) < 4.78 is 5.70. The van der Waals surface area contributed by atoms with E-state index in [1.54, 1.807) is 31.2 Å². The maximum Gasteiger partial charge on any atom is 0.335 e. The van der Waals surface area contributed by atoms with Gasteiger partial charge in [0.05, 0.1) is 5.56 Å². The van der Waals surface area contributed by atoms with E-state index < -0.39 is 11.9 Å². The highest BCUT2D eigenvalue weighted by molar-refractivity contribution is 6.09. The van der Waals surface area contributed by atoms with Crippen molar-refractivity contribution in [2.75, 3.05) is 5.32 Å². The van der Waals surface area contributed by atoms with E-state index in [1.807, 2.05) is 6.07 Å². The van der Waals surface area contributed by atoms with E-state index in [0.29, 0.717) is 22.6 Å². The number of hydrogen-bond donors (Lipinski definition) is 3. The van der Waals surface area contributed by atoms with Gasteiger partial charge in [-0.2, -0.15) is 5.26 Å². The summed E-state index contributed by atoms with van der Waals surface area (Å²) in [6.07, 6.45) is 1.30. The van der Waals surface area contributed by atoms with Crippen LogP contribution in [0.4, 0.5) is 5.69 Å². The molecule has 0 atom stereocenters. The lowest BCUT2D eigenvalue weighted by molar-refractivity contribution is -0.112. The van der Waals surface area contributed by atoms with Gasteiger partial charge in [0.1, 0.15) is 28.9 Å². The molecule has 7 nitrogen and oxygen atoms in total. The van der Waals surface area contributed by atoms with E-state index in [1.165, 1.54) is 36.4 Å². The molecule has 3 N–H and O–H groups in total. The monoisotopic (exact) mass is 388 g/mol. The fourth-order valence-electron chi connectivity index (χ4n) is 2.74. The van der Waals surface area contributed by atoms with Crippen LogP contribution in [0.25, 0.3) is 17.4 Å². The number of carbonyl (C=O) groups is 2. The third kappa shape index (κ3) is 4.34. The van der Waals surface area contributed by atoms with Crippen molar-refractivity contribution in [3.63, 3.8) is 0 Å². The number of phenolic OH excluding ortho intramolecular Hbond substituents is 1. The maximum absolute atomic E-state index is 12.3. The van der Waals surface area contributed by atoms with Gasteiger partial charge in [-0.3, -0.25) is 4.79 Å². The second-order valence-corrected chi connectivity index (χ2v) is 6.16. The van der Waals surface area contributed by atoms with Gasteiger partial charge >= 0.3 is 5.97 Å². The number of anilines is 1. The molecule has 0 unspecified atom stereocenters. The Morgan fingerprint density at radius 2 is 1.83 bits per heavy atom. The molecule has 0 saturated heterocycles. The van der Waals surface area contributed by atoms with E-state index in [2.05, 4.69) is 5.32 Å². The number of hydrogen-bond acceptors (Lipinski definition) is 5. The Kier molecular flexibility index (Phi) is 5.47. The van der Waals surface area contributed by atoms with Crippen molar-refractivity contribution in [3.8, 4) is 23.1 Å². The number of aromatic hydroxyl groups is 1. The summed E-state index contributed by atoms with van der Waals surface area (Å²) in [6, 6.07) is 15.8. The number of carbonyl (C=O) groups excluding carboxylic acids is 1. The first-order valence-electron chi connectivity index (χ1n) is 8.54. The van der Waals surface area contributed by atoms with Crippen molar-refractivity contribution in [2.45, 2.75) is 6.92 Å². The summed E-state index contributed by atoms with van der Waals surface area (Å²) >= 11 is 0. The number of carboxylic acid groups (broad SMARTS) is 1. The summed E-state index contributed by atoms with van der Waals surface area (Å²) in [5.74, 6) is -0.899. The first-order chi connectivity index (χ1) is 13.9. The van der Waals surface area contributed by atoms with Gasteiger partial charge < -0.3 is 19.9 Å². The molecule has 1 amide bonds. The zero-order valence-corrected chi connectivity index (χ0v) is 15.3. The van der Waals surface area contributed by atoms with Crippen LogP contribution in [-0.4, -0.2) is 22.1 Å². The van der Waals surface area contributed by atoms with Gasteiger partial charge in [0.15, 0.2) is 0 Å². The van der Waals surface area contributed by atoms with Gasteiger partial charge in [-0.25, -0.2) is 4.79 Å². The second kappa shape index (κ2) is 8.15. The Balaban J connectivity index is 1.85. The third-order valence-electron chi connectivity index (χ3n) is 4.23. The molecule has 1 aromatic heterocycles. The van der Waals surface area contributed by atoms with E-state index in [4.69, 9.17) is 4.42 Å². The molecule has 0 radical (unpaired) electrons. The molecule has 0 bridgehead atoms. The highest BCUT2D eigenvalue weighted by Crippen LogP contribution is 2.28. The standard InChI is InChI=1S/C22H16N2O5/c1-13-18(3-2-4-19(13)22(27)28)20-10-9-17(29-20)11-14(12-23)21(26)24-15-5-7-16(25)8-6-15/h2-11,25H,1H3,(H,24,26)(H,27,28). The molecule has 0 saturated carbocycles. The van der Waals surface area contributed by atoms with Crippen molar-refractivity contribution >= 4 is 23.6 Å². The van der Waals surface area contributed by atoms with Gasteiger partial charge in [0, 0.05) is 17.3 Å². The predicted molar refractivity (Wildman–Crippen MR) is 106 cm³/mol. The molecule has 144 valence electrons. The molecule has 3 aromatic rings. The summed E-state index contributed by atoms with van der Waals surface area (Å²) in [4.78, 5) is 23.6.